The number of methoxy groups -OCH3 is 1. The van der Waals surface area contributed by atoms with Crippen molar-refractivity contribution < 1.29 is 14.6 Å². The van der Waals surface area contributed by atoms with Gasteiger partial charge < -0.3 is 20.5 Å². The number of carbonyl (C=O) groups excluding carboxylic acids is 1. The molecule has 1 amide bonds. The zero-order valence-electron chi connectivity index (χ0n) is 19.5. The smallest absolute Gasteiger partial charge is 0.242 e. The summed E-state index contributed by atoms with van der Waals surface area (Å²) in [6, 6.07) is 12.7. The molecule has 0 radical (unpaired) electrons. The van der Waals surface area contributed by atoms with Gasteiger partial charge in [-0.3, -0.25) is 4.79 Å². The standard InChI is InChI=1S/C25H28N6O3/c1-25(2,33)18-8-6-7-17-20(18)28-24(27-19-9-4-5-14-26-23(19)32)31-22(17)29-21(30-31)15-10-12-16(34-3)13-11-15/h6-8,10-13,19,33H,4-5,9,14H2,1-3H3,(H,26,32)(H,27,28)/t19-/m1/s1. The van der Waals surface area contributed by atoms with Crippen molar-refractivity contribution in [3.8, 4) is 17.1 Å². The second-order valence-electron chi connectivity index (χ2n) is 9.08. The lowest BCUT2D eigenvalue weighted by molar-refractivity contribution is -0.121. The van der Waals surface area contributed by atoms with Crippen LogP contribution in [0.4, 0.5) is 5.95 Å². The highest BCUT2D eigenvalue weighted by Gasteiger charge is 2.26. The number of fused-ring (bicyclic) bond motifs is 3. The lowest BCUT2D eigenvalue weighted by atomic mass is 9.96. The lowest BCUT2D eigenvalue weighted by Gasteiger charge is -2.21. The monoisotopic (exact) mass is 460 g/mol. The fraction of sp³-hybridized carbons (Fsp3) is 0.360. The van der Waals surface area contributed by atoms with Crippen LogP contribution in [0.3, 0.4) is 0 Å². The number of hydrogen-bond donors (Lipinski definition) is 3. The highest BCUT2D eigenvalue weighted by Crippen LogP contribution is 2.32. The Bertz CT molecular complexity index is 1360. The Labute approximate surface area is 197 Å². The number of aromatic nitrogens is 4. The number of para-hydroxylation sites is 1. The molecule has 34 heavy (non-hydrogen) atoms. The topological polar surface area (TPSA) is 114 Å². The minimum Gasteiger partial charge on any atom is -0.497 e. The fourth-order valence-corrected chi connectivity index (χ4v) is 4.31. The van der Waals surface area contributed by atoms with Crippen LogP contribution in [0, 0.1) is 0 Å². The summed E-state index contributed by atoms with van der Waals surface area (Å²) >= 11 is 0. The van der Waals surface area contributed by atoms with Gasteiger partial charge >= 0.3 is 0 Å². The highest BCUT2D eigenvalue weighted by molar-refractivity contribution is 5.95. The van der Waals surface area contributed by atoms with Crippen molar-refractivity contribution in [1.82, 2.24) is 24.9 Å². The first kappa shape index (κ1) is 22.1. The van der Waals surface area contributed by atoms with E-state index in [0.29, 0.717) is 41.5 Å². The molecular weight excluding hydrogens is 432 g/mol. The van der Waals surface area contributed by atoms with Crippen LogP contribution in [-0.2, 0) is 10.4 Å². The Balaban J connectivity index is 1.71. The zero-order chi connectivity index (χ0) is 23.9. The number of benzene rings is 2. The van der Waals surface area contributed by atoms with Crippen LogP contribution in [0.2, 0.25) is 0 Å². The largest absolute Gasteiger partial charge is 0.497 e. The minimum absolute atomic E-state index is 0.0567. The third-order valence-electron chi connectivity index (χ3n) is 6.15. The van der Waals surface area contributed by atoms with E-state index in [4.69, 9.17) is 19.8 Å². The quantitative estimate of drug-likeness (QED) is 0.419. The van der Waals surface area contributed by atoms with Crippen LogP contribution in [-0.4, -0.2) is 50.3 Å². The molecule has 0 saturated carbocycles. The second-order valence-corrected chi connectivity index (χ2v) is 9.08. The maximum absolute atomic E-state index is 12.6. The first-order chi connectivity index (χ1) is 16.3. The number of nitrogens with one attached hydrogen (secondary N) is 2. The number of amides is 1. The number of aliphatic hydroxyl groups is 1. The van der Waals surface area contributed by atoms with Crippen LogP contribution in [0.25, 0.3) is 27.9 Å². The Morgan fingerprint density at radius 3 is 2.68 bits per heavy atom. The van der Waals surface area contributed by atoms with E-state index in [0.717, 1.165) is 29.5 Å². The molecule has 0 bridgehead atoms. The van der Waals surface area contributed by atoms with Crippen LogP contribution in [0.5, 0.6) is 5.75 Å². The average molecular weight is 461 g/mol. The Hall–Kier alpha value is -3.72. The number of anilines is 1. The molecule has 0 unspecified atom stereocenters. The van der Waals surface area contributed by atoms with Gasteiger partial charge in [0.25, 0.3) is 0 Å². The van der Waals surface area contributed by atoms with Gasteiger partial charge in [0, 0.05) is 23.1 Å². The van der Waals surface area contributed by atoms with Gasteiger partial charge in [0.15, 0.2) is 11.5 Å². The molecule has 1 aliphatic heterocycles. The molecular formula is C25H28N6O3. The SMILES string of the molecule is COc1ccc(-c2nc3c4cccc(C(C)(C)O)c4nc(N[C@@H]4CCCCNC4=O)n3n2)cc1. The van der Waals surface area contributed by atoms with Gasteiger partial charge in [0.05, 0.1) is 18.2 Å². The number of hydrogen-bond acceptors (Lipinski definition) is 7. The summed E-state index contributed by atoms with van der Waals surface area (Å²) in [5.74, 6) is 1.63. The fourth-order valence-electron chi connectivity index (χ4n) is 4.31. The maximum Gasteiger partial charge on any atom is 0.242 e. The van der Waals surface area contributed by atoms with Crippen molar-refractivity contribution in [2.45, 2.75) is 44.8 Å². The van der Waals surface area contributed by atoms with Crippen molar-refractivity contribution >= 4 is 28.4 Å². The highest BCUT2D eigenvalue weighted by atomic mass is 16.5. The predicted octanol–water partition coefficient (Wildman–Crippen LogP) is 3.26. The van der Waals surface area contributed by atoms with Crippen LogP contribution in [0.15, 0.2) is 42.5 Å². The number of nitrogens with zero attached hydrogens (tertiary/aromatic N) is 4. The first-order valence-corrected chi connectivity index (χ1v) is 11.5. The summed E-state index contributed by atoms with van der Waals surface area (Å²) in [4.78, 5) is 22.3. The van der Waals surface area contributed by atoms with Crippen LogP contribution < -0.4 is 15.4 Å². The zero-order valence-corrected chi connectivity index (χ0v) is 19.5. The van der Waals surface area contributed by atoms with E-state index in [-0.39, 0.29) is 5.91 Å². The molecule has 2 aromatic heterocycles. The van der Waals surface area contributed by atoms with E-state index in [1.807, 2.05) is 42.5 Å². The summed E-state index contributed by atoms with van der Waals surface area (Å²) in [5, 5.41) is 22.6. The second kappa shape index (κ2) is 8.57. The molecule has 1 aliphatic rings. The molecule has 1 saturated heterocycles. The van der Waals surface area contributed by atoms with E-state index in [9.17, 15) is 9.90 Å². The van der Waals surface area contributed by atoms with Crippen LogP contribution in [0.1, 0.15) is 38.7 Å². The third kappa shape index (κ3) is 4.03. The first-order valence-electron chi connectivity index (χ1n) is 11.5. The van der Waals surface area contributed by atoms with E-state index in [2.05, 4.69) is 10.6 Å². The van der Waals surface area contributed by atoms with Crippen molar-refractivity contribution in [2.24, 2.45) is 0 Å². The molecule has 0 aliphatic carbocycles. The summed E-state index contributed by atoms with van der Waals surface area (Å²) < 4.78 is 6.91. The summed E-state index contributed by atoms with van der Waals surface area (Å²) in [6.45, 7) is 4.13. The predicted molar refractivity (Wildman–Crippen MR) is 130 cm³/mol. The minimum atomic E-state index is -1.11. The summed E-state index contributed by atoms with van der Waals surface area (Å²) in [7, 11) is 1.62. The van der Waals surface area contributed by atoms with Crippen molar-refractivity contribution in [2.75, 3.05) is 19.0 Å². The van der Waals surface area contributed by atoms with E-state index in [1.165, 1.54) is 0 Å². The van der Waals surface area contributed by atoms with Gasteiger partial charge in [-0.2, -0.15) is 4.52 Å². The number of carbonyl (C=O) groups is 1. The van der Waals surface area contributed by atoms with Gasteiger partial charge in [0.2, 0.25) is 11.9 Å². The van der Waals surface area contributed by atoms with Crippen molar-refractivity contribution in [1.29, 1.82) is 0 Å². The van der Waals surface area contributed by atoms with Gasteiger partial charge in [-0.05, 0) is 63.4 Å². The number of ether oxygens (including phenoxy) is 1. The van der Waals surface area contributed by atoms with Crippen molar-refractivity contribution in [3.05, 3.63) is 48.0 Å². The van der Waals surface area contributed by atoms with Crippen LogP contribution >= 0.6 is 0 Å². The lowest BCUT2D eigenvalue weighted by Crippen LogP contribution is -2.38. The van der Waals surface area contributed by atoms with E-state index in [1.54, 1.807) is 25.5 Å². The molecule has 1 atom stereocenters. The molecule has 176 valence electrons. The van der Waals surface area contributed by atoms with E-state index >= 15 is 0 Å². The molecule has 9 heteroatoms. The Morgan fingerprint density at radius 1 is 1.15 bits per heavy atom. The van der Waals surface area contributed by atoms with Gasteiger partial charge in [-0.25, -0.2) is 9.97 Å². The maximum atomic E-state index is 12.6. The van der Waals surface area contributed by atoms with E-state index < -0.39 is 11.6 Å². The van der Waals surface area contributed by atoms with Gasteiger partial charge in [-0.1, -0.05) is 12.1 Å². The van der Waals surface area contributed by atoms with Gasteiger partial charge in [-0.15, -0.1) is 5.10 Å². The molecule has 3 N–H and O–H groups in total. The molecule has 3 heterocycles. The molecule has 2 aromatic carbocycles. The van der Waals surface area contributed by atoms with Crippen molar-refractivity contribution in [3.63, 3.8) is 0 Å². The van der Waals surface area contributed by atoms with Gasteiger partial charge in [0.1, 0.15) is 11.8 Å². The average Bonchev–Trinajstić information content (AvgIpc) is 3.18. The Morgan fingerprint density at radius 2 is 1.94 bits per heavy atom. The third-order valence-corrected chi connectivity index (χ3v) is 6.15. The molecule has 5 rings (SSSR count). The normalized spacial score (nSPS) is 16.9. The Kier molecular flexibility index (Phi) is 5.57. The number of rotatable bonds is 5. The molecule has 0 spiro atoms. The summed E-state index contributed by atoms with van der Waals surface area (Å²) in [6.07, 6.45) is 2.56. The summed E-state index contributed by atoms with van der Waals surface area (Å²) in [5.41, 5.74) is 1.61. The molecule has 4 aromatic rings. The molecule has 9 nitrogen and oxygen atoms in total. The molecule has 1 fully saturated rings.